The zero-order valence-corrected chi connectivity index (χ0v) is 14.4. The molecule has 0 spiro atoms. The highest BCUT2D eigenvalue weighted by atomic mass is 19.1. The largest absolute Gasteiger partial charge is 0.457 e. The number of anilines is 2. The fourth-order valence-electron chi connectivity index (χ4n) is 2.63. The molecule has 0 saturated heterocycles. The fraction of sp³-hybridized carbons (Fsp3) is 0.100. The Morgan fingerprint density at radius 2 is 1.81 bits per heavy atom. The third kappa shape index (κ3) is 3.97. The van der Waals surface area contributed by atoms with Crippen LogP contribution in [-0.4, -0.2) is 10.9 Å². The van der Waals surface area contributed by atoms with Crippen molar-refractivity contribution in [3.63, 3.8) is 0 Å². The van der Waals surface area contributed by atoms with E-state index in [0.717, 1.165) is 11.3 Å². The number of nitrogens with zero attached hydrogens (tertiary/aromatic N) is 1. The second kappa shape index (κ2) is 7.23. The first-order chi connectivity index (χ1) is 12.4. The molecule has 0 aliphatic heterocycles. The zero-order chi connectivity index (χ0) is 18.7. The van der Waals surface area contributed by atoms with Gasteiger partial charge in [0.15, 0.2) is 0 Å². The molecule has 0 saturated carbocycles. The molecule has 3 rings (SSSR count). The fourth-order valence-corrected chi connectivity index (χ4v) is 2.63. The molecule has 1 aromatic heterocycles. The number of aryl methyl sites for hydroxylation is 2. The molecule has 0 radical (unpaired) electrons. The lowest BCUT2D eigenvalue weighted by molar-refractivity contribution is 0.102. The number of halogens is 1. The van der Waals surface area contributed by atoms with Crippen molar-refractivity contribution >= 4 is 17.4 Å². The van der Waals surface area contributed by atoms with Crippen LogP contribution in [0.5, 0.6) is 11.5 Å². The van der Waals surface area contributed by atoms with Gasteiger partial charge in [0.2, 0.25) is 0 Å². The van der Waals surface area contributed by atoms with Gasteiger partial charge < -0.3 is 15.8 Å². The van der Waals surface area contributed by atoms with Gasteiger partial charge in [0.05, 0.1) is 5.56 Å². The highest BCUT2D eigenvalue weighted by molar-refractivity contribution is 6.08. The first-order valence-corrected chi connectivity index (χ1v) is 8.01. The molecule has 0 unspecified atom stereocenters. The van der Waals surface area contributed by atoms with Crippen molar-refractivity contribution in [3.05, 3.63) is 77.2 Å². The number of nitrogens with one attached hydrogen (secondary N) is 1. The lowest BCUT2D eigenvalue weighted by Crippen LogP contribution is -2.17. The van der Waals surface area contributed by atoms with E-state index in [2.05, 4.69) is 10.3 Å². The molecular formula is C20H18FN3O2. The minimum atomic E-state index is -0.341. The molecule has 132 valence electrons. The molecule has 0 bridgehead atoms. The van der Waals surface area contributed by atoms with E-state index >= 15 is 0 Å². The Balaban J connectivity index is 1.78. The predicted molar refractivity (Wildman–Crippen MR) is 99.0 cm³/mol. The standard InChI is InChI=1S/C20H18FN3O2/c1-12-10-13(2)23-19(22)18(12)20(25)24-15-4-3-5-17(11-15)26-16-8-6-14(21)7-9-16/h3-11H,1-2H3,(H2,22,23)(H,24,25). The summed E-state index contributed by atoms with van der Waals surface area (Å²) >= 11 is 0. The van der Waals surface area contributed by atoms with Crippen molar-refractivity contribution in [2.75, 3.05) is 11.1 Å². The third-order valence-corrected chi connectivity index (χ3v) is 3.74. The number of aromatic nitrogens is 1. The van der Waals surface area contributed by atoms with Crippen molar-refractivity contribution in [2.45, 2.75) is 13.8 Å². The van der Waals surface area contributed by atoms with Crippen LogP contribution in [-0.2, 0) is 0 Å². The van der Waals surface area contributed by atoms with E-state index in [1.54, 1.807) is 30.3 Å². The predicted octanol–water partition coefficient (Wildman–Crippen LogP) is 4.46. The van der Waals surface area contributed by atoms with E-state index in [4.69, 9.17) is 10.5 Å². The molecular weight excluding hydrogens is 333 g/mol. The smallest absolute Gasteiger partial charge is 0.259 e. The number of amides is 1. The summed E-state index contributed by atoms with van der Waals surface area (Å²) in [7, 11) is 0. The molecule has 1 amide bonds. The third-order valence-electron chi connectivity index (χ3n) is 3.74. The number of carbonyl (C=O) groups is 1. The summed E-state index contributed by atoms with van der Waals surface area (Å²) in [4.78, 5) is 16.7. The van der Waals surface area contributed by atoms with Crippen LogP contribution in [0, 0.1) is 19.7 Å². The summed E-state index contributed by atoms with van der Waals surface area (Å²) in [5.74, 6) is 0.530. The molecule has 1 heterocycles. The topological polar surface area (TPSA) is 77.2 Å². The molecule has 0 fully saturated rings. The molecule has 26 heavy (non-hydrogen) atoms. The maximum absolute atomic E-state index is 13.0. The molecule has 2 aromatic carbocycles. The van der Waals surface area contributed by atoms with E-state index in [1.807, 2.05) is 13.8 Å². The summed E-state index contributed by atoms with van der Waals surface area (Å²) < 4.78 is 18.6. The number of hydrogen-bond acceptors (Lipinski definition) is 4. The Morgan fingerprint density at radius 3 is 2.50 bits per heavy atom. The van der Waals surface area contributed by atoms with Crippen LogP contribution in [0.25, 0.3) is 0 Å². The van der Waals surface area contributed by atoms with Gasteiger partial charge in [-0.05, 0) is 61.9 Å². The van der Waals surface area contributed by atoms with Gasteiger partial charge in [-0.15, -0.1) is 0 Å². The second-order valence-corrected chi connectivity index (χ2v) is 5.88. The number of hydrogen-bond donors (Lipinski definition) is 2. The van der Waals surface area contributed by atoms with Gasteiger partial charge in [-0.1, -0.05) is 6.07 Å². The molecule has 5 nitrogen and oxygen atoms in total. The van der Waals surface area contributed by atoms with Crippen LogP contribution in [0.2, 0.25) is 0 Å². The number of benzene rings is 2. The summed E-state index contributed by atoms with van der Waals surface area (Å²) in [5, 5.41) is 2.80. The van der Waals surface area contributed by atoms with Crippen LogP contribution < -0.4 is 15.8 Å². The van der Waals surface area contributed by atoms with E-state index in [1.165, 1.54) is 24.3 Å². The average Bonchev–Trinajstić information content (AvgIpc) is 2.56. The van der Waals surface area contributed by atoms with E-state index in [9.17, 15) is 9.18 Å². The SMILES string of the molecule is Cc1cc(C)c(C(=O)Nc2cccc(Oc3ccc(F)cc3)c2)c(N)n1. The second-order valence-electron chi connectivity index (χ2n) is 5.88. The van der Waals surface area contributed by atoms with Crippen LogP contribution in [0.4, 0.5) is 15.9 Å². The Hall–Kier alpha value is -3.41. The van der Waals surface area contributed by atoms with E-state index in [0.29, 0.717) is 22.7 Å². The first-order valence-electron chi connectivity index (χ1n) is 8.01. The molecule has 0 atom stereocenters. The Kier molecular flexibility index (Phi) is 4.84. The van der Waals surface area contributed by atoms with Crippen molar-refractivity contribution in [3.8, 4) is 11.5 Å². The van der Waals surface area contributed by atoms with Crippen LogP contribution in [0.3, 0.4) is 0 Å². The van der Waals surface area contributed by atoms with Crippen LogP contribution in [0.15, 0.2) is 54.6 Å². The first kappa shape index (κ1) is 17.4. The number of nitrogens with two attached hydrogens (primary N) is 1. The van der Waals surface area contributed by atoms with E-state index in [-0.39, 0.29) is 17.5 Å². The maximum Gasteiger partial charge on any atom is 0.259 e. The van der Waals surface area contributed by atoms with Crippen molar-refractivity contribution < 1.29 is 13.9 Å². The number of pyridine rings is 1. The van der Waals surface area contributed by atoms with Gasteiger partial charge >= 0.3 is 0 Å². The maximum atomic E-state index is 13.0. The number of ether oxygens (including phenoxy) is 1. The van der Waals surface area contributed by atoms with Gasteiger partial charge in [-0.25, -0.2) is 9.37 Å². The number of nitrogen functional groups attached to an aromatic ring is 1. The molecule has 3 aromatic rings. The monoisotopic (exact) mass is 351 g/mol. The minimum absolute atomic E-state index is 0.193. The quantitative estimate of drug-likeness (QED) is 0.727. The Bertz CT molecular complexity index is 933. The highest BCUT2D eigenvalue weighted by Crippen LogP contribution is 2.25. The van der Waals surface area contributed by atoms with Gasteiger partial charge in [0, 0.05) is 17.4 Å². The van der Waals surface area contributed by atoms with Crippen molar-refractivity contribution in [1.29, 1.82) is 0 Å². The summed E-state index contributed by atoms with van der Waals surface area (Å²) in [6.45, 7) is 3.63. The summed E-state index contributed by atoms with van der Waals surface area (Å²) in [6.07, 6.45) is 0. The summed E-state index contributed by atoms with van der Waals surface area (Å²) in [6, 6.07) is 14.4. The van der Waals surface area contributed by atoms with Gasteiger partial charge in [0.1, 0.15) is 23.1 Å². The highest BCUT2D eigenvalue weighted by Gasteiger charge is 2.15. The van der Waals surface area contributed by atoms with Crippen LogP contribution in [0.1, 0.15) is 21.6 Å². The van der Waals surface area contributed by atoms with Crippen LogP contribution >= 0.6 is 0 Å². The van der Waals surface area contributed by atoms with Gasteiger partial charge in [-0.3, -0.25) is 4.79 Å². The lowest BCUT2D eigenvalue weighted by Gasteiger charge is -2.12. The number of carbonyl (C=O) groups excluding carboxylic acids is 1. The Morgan fingerprint density at radius 1 is 1.08 bits per heavy atom. The molecule has 0 aliphatic rings. The number of rotatable bonds is 4. The van der Waals surface area contributed by atoms with Crippen molar-refractivity contribution in [2.24, 2.45) is 0 Å². The molecule has 6 heteroatoms. The lowest BCUT2D eigenvalue weighted by atomic mass is 10.1. The minimum Gasteiger partial charge on any atom is -0.457 e. The summed E-state index contributed by atoms with van der Waals surface area (Å²) in [5.41, 5.74) is 8.30. The Labute approximate surface area is 150 Å². The molecule has 3 N–H and O–H groups in total. The van der Waals surface area contributed by atoms with Gasteiger partial charge in [0.25, 0.3) is 5.91 Å². The average molecular weight is 351 g/mol. The van der Waals surface area contributed by atoms with Crippen molar-refractivity contribution in [1.82, 2.24) is 4.98 Å². The van der Waals surface area contributed by atoms with E-state index < -0.39 is 0 Å². The zero-order valence-electron chi connectivity index (χ0n) is 14.4. The molecule has 0 aliphatic carbocycles. The van der Waals surface area contributed by atoms with Gasteiger partial charge in [-0.2, -0.15) is 0 Å². The normalized spacial score (nSPS) is 10.4.